The summed E-state index contributed by atoms with van der Waals surface area (Å²) in [5.74, 6) is 0.608. The standard InChI is InChI=1S/C30H36N2O5/c1-4-5-6-7-8-9-10-15-29(33)32-31-21-25-24-14-12-11-13-22(24)16-18-26(25)37-30(34)23-17-19-27(35-2)28(20-23)36-3/h11-14,16-21H,4-10,15H2,1-3H3,(H,32,33). The van der Waals surface area contributed by atoms with E-state index < -0.39 is 5.97 Å². The van der Waals surface area contributed by atoms with Crippen LogP contribution in [-0.2, 0) is 4.79 Å². The first kappa shape index (κ1) is 27.7. The Balaban J connectivity index is 1.69. The van der Waals surface area contributed by atoms with Crippen molar-refractivity contribution in [3.05, 3.63) is 65.7 Å². The number of carbonyl (C=O) groups excluding carboxylic acids is 2. The van der Waals surface area contributed by atoms with Crippen LogP contribution in [0.15, 0.2) is 59.7 Å². The first-order chi connectivity index (χ1) is 18.1. The van der Waals surface area contributed by atoms with E-state index in [1.807, 2.05) is 30.3 Å². The van der Waals surface area contributed by atoms with Crippen molar-refractivity contribution in [2.45, 2.75) is 58.3 Å². The summed E-state index contributed by atoms with van der Waals surface area (Å²) in [5, 5.41) is 5.98. The van der Waals surface area contributed by atoms with Gasteiger partial charge < -0.3 is 14.2 Å². The number of rotatable bonds is 14. The van der Waals surface area contributed by atoms with Gasteiger partial charge >= 0.3 is 5.97 Å². The minimum atomic E-state index is -0.547. The van der Waals surface area contributed by atoms with Crippen molar-refractivity contribution >= 4 is 28.9 Å². The monoisotopic (exact) mass is 504 g/mol. The zero-order valence-electron chi connectivity index (χ0n) is 21.9. The lowest BCUT2D eigenvalue weighted by Crippen LogP contribution is -2.17. The van der Waals surface area contributed by atoms with E-state index in [1.54, 1.807) is 24.3 Å². The molecule has 3 aromatic carbocycles. The quantitative estimate of drug-likeness (QED) is 0.0871. The third-order valence-electron chi connectivity index (χ3n) is 6.14. The van der Waals surface area contributed by atoms with E-state index in [1.165, 1.54) is 46.1 Å². The van der Waals surface area contributed by atoms with E-state index in [9.17, 15) is 9.59 Å². The molecular weight excluding hydrogens is 468 g/mol. The van der Waals surface area contributed by atoms with E-state index >= 15 is 0 Å². The van der Waals surface area contributed by atoms with Gasteiger partial charge in [-0.05, 0) is 41.5 Å². The Morgan fingerprint density at radius 1 is 0.838 bits per heavy atom. The number of ether oxygens (including phenoxy) is 3. The summed E-state index contributed by atoms with van der Waals surface area (Å²) < 4.78 is 16.3. The van der Waals surface area contributed by atoms with Crippen LogP contribution in [0.3, 0.4) is 0 Å². The molecule has 7 nitrogen and oxygen atoms in total. The molecule has 0 fully saturated rings. The van der Waals surface area contributed by atoms with Gasteiger partial charge in [0.2, 0.25) is 5.91 Å². The highest BCUT2D eigenvalue weighted by Crippen LogP contribution is 2.30. The lowest BCUT2D eigenvalue weighted by molar-refractivity contribution is -0.121. The summed E-state index contributed by atoms with van der Waals surface area (Å²) in [4.78, 5) is 25.2. The predicted octanol–water partition coefficient (Wildman–Crippen LogP) is 6.67. The van der Waals surface area contributed by atoms with Gasteiger partial charge in [0, 0.05) is 12.0 Å². The summed E-state index contributed by atoms with van der Waals surface area (Å²) >= 11 is 0. The van der Waals surface area contributed by atoms with Gasteiger partial charge in [0.05, 0.1) is 26.0 Å². The number of hydrogen-bond donors (Lipinski definition) is 1. The summed E-state index contributed by atoms with van der Waals surface area (Å²) in [6.45, 7) is 2.20. The summed E-state index contributed by atoms with van der Waals surface area (Å²) in [7, 11) is 3.04. The number of hydrogen-bond acceptors (Lipinski definition) is 6. The lowest BCUT2D eigenvalue weighted by Gasteiger charge is -2.12. The topological polar surface area (TPSA) is 86.2 Å². The van der Waals surface area contributed by atoms with Gasteiger partial charge in [-0.3, -0.25) is 4.79 Å². The Bertz CT molecular complexity index is 1220. The number of nitrogens with one attached hydrogen (secondary N) is 1. The normalized spacial score (nSPS) is 11.0. The number of hydrazone groups is 1. The molecule has 7 heteroatoms. The minimum Gasteiger partial charge on any atom is -0.493 e. The maximum absolute atomic E-state index is 12.9. The second-order valence-electron chi connectivity index (χ2n) is 8.82. The summed E-state index contributed by atoms with van der Waals surface area (Å²) in [6.07, 6.45) is 9.99. The molecule has 0 bridgehead atoms. The zero-order valence-corrected chi connectivity index (χ0v) is 21.9. The highest BCUT2D eigenvalue weighted by atomic mass is 16.5. The van der Waals surface area contributed by atoms with Crippen molar-refractivity contribution in [2.24, 2.45) is 5.10 Å². The van der Waals surface area contributed by atoms with Gasteiger partial charge in [0.15, 0.2) is 11.5 Å². The molecule has 0 aliphatic rings. The molecule has 196 valence electrons. The molecule has 1 amide bonds. The fourth-order valence-corrected chi connectivity index (χ4v) is 4.09. The van der Waals surface area contributed by atoms with Crippen molar-refractivity contribution in [1.29, 1.82) is 0 Å². The van der Waals surface area contributed by atoms with Crippen LogP contribution in [0, 0.1) is 0 Å². The summed E-state index contributed by atoms with van der Waals surface area (Å²) in [6, 6.07) is 16.2. The number of fused-ring (bicyclic) bond motifs is 1. The van der Waals surface area contributed by atoms with Crippen LogP contribution in [0.2, 0.25) is 0 Å². The van der Waals surface area contributed by atoms with Gasteiger partial charge in [-0.15, -0.1) is 0 Å². The van der Waals surface area contributed by atoms with Crippen LogP contribution in [-0.4, -0.2) is 32.3 Å². The SMILES string of the molecule is CCCCCCCCCC(=O)NN=Cc1c(OC(=O)c2ccc(OC)c(OC)c2)ccc2ccccc12. The van der Waals surface area contributed by atoms with Crippen LogP contribution in [0.4, 0.5) is 0 Å². The molecule has 1 N–H and O–H groups in total. The van der Waals surface area contributed by atoms with Gasteiger partial charge in [-0.1, -0.05) is 75.8 Å². The Morgan fingerprint density at radius 2 is 1.54 bits per heavy atom. The minimum absolute atomic E-state index is 0.131. The molecule has 3 rings (SSSR count). The van der Waals surface area contributed by atoms with E-state index in [0.717, 1.165) is 30.0 Å². The number of carbonyl (C=O) groups is 2. The molecule has 0 saturated carbocycles. The van der Waals surface area contributed by atoms with Crippen molar-refractivity contribution in [3.63, 3.8) is 0 Å². The maximum Gasteiger partial charge on any atom is 0.343 e. The Kier molecular flexibility index (Phi) is 11.0. The molecule has 0 heterocycles. The zero-order chi connectivity index (χ0) is 26.5. The fraction of sp³-hybridized carbons (Fsp3) is 0.367. The molecule has 0 aromatic heterocycles. The molecule has 0 saturated heterocycles. The van der Waals surface area contributed by atoms with Crippen LogP contribution in [0.5, 0.6) is 17.2 Å². The smallest absolute Gasteiger partial charge is 0.343 e. The molecule has 37 heavy (non-hydrogen) atoms. The third-order valence-corrected chi connectivity index (χ3v) is 6.14. The maximum atomic E-state index is 12.9. The van der Waals surface area contributed by atoms with Crippen LogP contribution >= 0.6 is 0 Å². The van der Waals surface area contributed by atoms with Crippen molar-refractivity contribution < 1.29 is 23.8 Å². The highest BCUT2D eigenvalue weighted by molar-refractivity contribution is 6.04. The average molecular weight is 505 g/mol. The number of unbranched alkanes of at least 4 members (excludes halogenated alkanes) is 6. The van der Waals surface area contributed by atoms with Crippen LogP contribution in [0.1, 0.15) is 74.2 Å². The number of amides is 1. The number of methoxy groups -OCH3 is 2. The van der Waals surface area contributed by atoms with E-state index in [4.69, 9.17) is 14.2 Å². The Hall–Kier alpha value is -3.87. The molecule has 0 aliphatic heterocycles. The van der Waals surface area contributed by atoms with E-state index in [-0.39, 0.29) is 5.91 Å². The second kappa shape index (κ2) is 14.6. The number of benzene rings is 3. The average Bonchev–Trinajstić information content (AvgIpc) is 2.93. The first-order valence-electron chi connectivity index (χ1n) is 12.8. The highest BCUT2D eigenvalue weighted by Gasteiger charge is 2.16. The Labute approximate surface area is 218 Å². The Morgan fingerprint density at radius 3 is 2.30 bits per heavy atom. The van der Waals surface area contributed by atoms with Gasteiger partial charge in [0.1, 0.15) is 5.75 Å². The molecular formula is C30H36N2O5. The summed E-state index contributed by atoms with van der Waals surface area (Å²) in [5.41, 5.74) is 3.52. The first-order valence-corrected chi connectivity index (χ1v) is 12.8. The lowest BCUT2D eigenvalue weighted by atomic mass is 10.0. The largest absolute Gasteiger partial charge is 0.493 e. The van der Waals surface area contributed by atoms with E-state index in [2.05, 4.69) is 17.5 Å². The van der Waals surface area contributed by atoms with Gasteiger partial charge in [-0.25, -0.2) is 10.2 Å². The molecule has 0 spiro atoms. The molecule has 0 aliphatic carbocycles. The van der Waals surface area contributed by atoms with Gasteiger partial charge in [-0.2, -0.15) is 5.10 Å². The number of esters is 1. The predicted molar refractivity (Wildman–Crippen MR) is 147 cm³/mol. The number of nitrogens with zero attached hydrogens (tertiary/aromatic N) is 1. The molecule has 3 aromatic rings. The molecule has 0 radical (unpaired) electrons. The van der Waals surface area contributed by atoms with Crippen molar-refractivity contribution in [3.8, 4) is 17.2 Å². The van der Waals surface area contributed by atoms with E-state index in [0.29, 0.717) is 34.8 Å². The second-order valence-corrected chi connectivity index (χ2v) is 8.82. The van der Waals surface area contributed by atoms with Crippen LogP contribution in [0.25, 0.3) is 10.8 Å². The van der Waals surface area contributed by atoms with Crippen molar-refractivity contribution in [1.82, 2.24) is 5.43 Å². The van der Waals surface area contributed by atoms with Crippen molar-refractivity contribution in [2.75, 3.05) is 14.2 Å². The molecule has 0 unspecified atom stereocenters. The van der Waals surface area contributed by atoms with Crippen LogP contribution < -0.4 is 19.6 Å². The molecule has 0 atom stereocenters. The fourth-order valence-electron chi connectivity index (χ4n) is 4.09. The third kappa shape index (κ3) is 8.07. The van der Waals surface area contributed by atoms with Gasteiger partial charge in [0.25, 0.3) is 0 Å².